The van der Waals surface area contributed by atoms with Crippen molar-refractivity contribution >= 4 is 16.7 Å². The number of fused-ring (bicyclic) bond motifs is 1. The second-order valence-electron chi connectivity index (χ2n) is 7.07. The summed E-state index contributed by atoms with van der Waals surface area (Å²) in [5.41, 5.74) is 6.60. The standard InChI is InChI=1S/C26H22O2/c1-17-10-4-7-13-21(17)25-23-15-9-6-12-20(23)16-24(28-19(3)27)26(25)22-14-8-5-11-18(22)2/h4-16H,1-3H3. The lowest BCUT2D eigenvalue weighted by molar-refractivity contribution is -0.131. The normalized spacial score (nSPS) is 10.8. The number of hydrogen-bond acceptors (Lipinski definition) is 2. The molecule has 138 valence electrons. The van der Waals surface area contributed by atoms with Crippen LogP contribution >= 0.6 is 0 Å². The van der Waals surface area contributed by atoms with Crippen LogP contribution in [0.2, 0.25) is 0 Å². The predicted molar refractivity (Wildman–Crippen MR) is 116 cm³/mol. The summed E-state index contributed by atoms with van der Waals surface area (Å²) in [5.74, 6) is 0.277. The van der Waals surface area contributed by atoms with Crippen molar-refractivity contribution < 1.29 is 9.53 Å². The van der Waals surface area contributed by atoms with Gasteiger partial charge in [-0.15, -0.1) is 0 Å². The fourth-order valence-corrected chi connectivity index (χ4v) is 3.81. The van der Waals surface area contributed by atoms with Gasteiger partial charge in [0.05, 0.1) is 0 Å². The van der Waals surface area contributed by atoms with E-state index in [4.69, 9.17) is 4.74 Å². The van der Waals surface area contributed by atoms with Crippen LogP contribution in [0.25, 0.3) is 33.0 Å². The van der Waals surface area contributed by atoms with Crippen LogP contribution in [0.15, 0.2) is 78.9 Å². The Hall–Kier alpha value is -3.39. The Kier molecular flexibility index (Phi) is 4.70. The molecule has 0 unspecified atom stereocenters. The van der Waals surface area contributed by atoms with Crippen LogP contribution in [0.4, 0.5) is 0 Å². The van der Waals surface area contributed by atoms with Gasteiger partial charge < -0.3 is 4.74 Å². The molecule has 0 spiro atoms. The molecular formula is C26H22O2. The Morgan fingerprint density at radius 3 is 1.86 bits per heavy atom. The zero-order valence-electron chi connectivity index (χ0n) is 16.3. The van der Waals surface area contributed by atoms with Crippen molar-refractivity contribution in [3.63, 3.8) is 0 Å². The van der Waals surface area contributed by atoms with Crippen LogP contribution in [0, 0.1) is 13.8 Å². The molecule has 0 radical (unpaired) electrons. The lowest BCUT2D eigenvalue weighted by atomic mass is 9.86. The fourth-order valence-electron chi connectivity index (χ4n) is 3.81. The molecule has 4 aromatic carbocycles. The van der Waals surface area contributed by atoms with Gasteiger partial charge in [-0.05, 0) is 52.9 Å². The number of rotatable bonds is 3. The molecule has 0 saturated carbocycles. The lowest BCUT2D eigenvalue weighted by Gasteiger charge is -2.20. The zero-order valence-corrected chi connectivity index (χ0v) is 16.3. The summed E-state index contributed by atoms with van der Waals surface area (Å²) in [6.07, 6.45) is 0. The van der Waals surface area contributed by atoms with Crippen molar-refractivity contribution in [1.82, 2.24) is 0 Å². The van der Waals surface area contributed by atoms with Crippen LogP contribution in [0.5, 0.6) is 5.75 Å². The highest BCUT2D eigenvalue weighted by atomic mass is 16.5. The minimum absolute atomic E-state index is 0.319. The molecule has 2 nitrogen and oxygen atoms in total. The molecule has 0 amide bonds. The fraction of sp³-hybridized carbons (Fsp3) is 0.115. The van der Waals surface area contributed by atoms with Gasteiger partial charge >= 0.3 is 5.97 Å². The monoisotopic (exact) mass is 366 g/mol. The summed E-state index contributed by atoms with van der Waals surface area (Å²) in [4.78, 5) is 11.9. The topological polar surface area (TPSA) is 26.3 Å². The van der Waals surface area contributed by atoms with Crippen molar-refractivity contribution in [3.05, 3.63) is 90.0 Å². The van der Waals surface area contributed by atoms with E-state index in [2.05, 4.69) is 62.4 Å². The number of ether oxygens (including phenoxy) is 1. The third-order valence-corrected chi connectivity index (χ3v) is 5.10. The molecule has 0 aromatic heterocycles. The van der Waals surface area contributed by atoms with E-state index in [1.54, 1.807) is 0 Å². The van der Waals surface area contributed by atoms with E-state index in [0.29, 0.717) is 5.75 Å². The first-order valence-electron chi connectivity index (χ1n) is 9.42. The molecule has 4 aromatic rings. The van der Waals surface area contributed by atoms with Gasteiger partial charge in [-0.2, -0.15) is 0 Å². The average molecular weight is 366 g/mol. The maximum Gasteiger partial charge on any atom is 0.308 e. The van der Waals surface area contributed by atoms with Crippen molar-refractivity contribution in [2.75, 3.05) is 0 Å². The van der Waals surface area contributed by atoms with E-state index in [-0.39, 0.29) is 5.97 Å². The van der Waals surface area contributed by atoms with Gasteiger partial charge in [0.2, 0.25) is 0 Å². The van der Waals surface area contributed by atoms with Gasteiger partial charge in [-0.25, -0.2) is 0 Å². The summed E-state index contributed by atoms with van der Waals surface area (Å²) in [6.45, 7) is 5.65. The van der Waals surface area contributed by atoms with Crippen molar-refractivity contribution in [2.45, 2.75) is 20.8 Å². The highest BCUT2D eigenvalue weighted by molar-refractivity contribution is 6.07. The summed E-state index contributed by atoms with van der Waals surface area (Å²) in [5, 5.41) is 2.19. The van der Waals surface area contributed by atoms with Gasteiger partial charge in [-0.3, -0.25) is 4.79 Å². The third kappa shape index (κ3) is 3.18. The molecule has 28 heavy (non-hydrogen) atoms. The minimum atomic E-state index is -0.319. The molecular weight excluding hydrogens is 344 g/mol. The number of benzene rings is 4. The smallest absolute Gasteiger partial charge is 0.308 e. The predicted octanol–water partition coefficient (Wildman–Crippen LogP) is 6.72. The van der Waals surface area contributed by atoms with Crippen LogP contribution < -0.4 is 4.74 Å². The highest BCUT2D eigenvalue weighted by Gasteiger charge is 2.20. The third-order valence-electron chi connectivity index (χ3n) is 5.10. The van der Waals surface area contributed by atoms with E-state index >= 15 is 0 Å². The first-order valence-corrected chi connectivity index (χ1v) is 9.42. The number of hydrogen-bond donors (Lipinski definition) is 0. The van der Waals surface area contributed by atoms with Crippen molar-refractivity contribution in [1.29, 1.82) is 0 Å². The Morgan fingerprint density at radius 1 is 0.714 bits per heavy atom. The molecule has 0 heterocycles. The first-order chi connectivity index (χ1) is 13.6. The van der Waals surface area contributed by atoms with E-state index < -0.39 is 0 Å². The largest absolute Gasteiger partial charge is 0.426 e. The molecule has 0 aliphatic rings. The van der Waals surface area contributed by atoms with Gasteiger partial charge in [0.25, 0.3) is 0 Å². The maximum absolute atomic E-state index is 11.9. The zero-order chi connectivity index (χ0) is 19.7. The molecule has 2 heteroatoms. The van der Waals surface area contributed by atoms with E-state index in [9.17, 15) is 4.79 Å². The Labute approximate surface area is 165 Å². The van der Waals surface area contributed by atoms with Gasteiger partial charge in [-0.1, -0.05) is 72.8 Å². The van der Waals surface area contributed by atoms with Crippen LogP contribution in [0.3, 0.4) is 0 Å². The maximum atomic E-state index is 11.9. The van der Waals surface area contributed by atoms with Crippen LogP contribution in [-0.4, -0.2) is 5.97 Å². The molecule has 4 rings (SSSR count). The summed E-state index contributed by atoms with van der Waals surface area (Å²) in [6, 6.07) is 26.8. The molecule has 0 atom stereocenters. The van der Waals surface area contributed by atoms with E-state index in [1.807, 2.05) is 30.3 Å². The second kappa shape index (κ2) is 7.32. The minimum Gasteiger partial charge on any atom is -0.426 e. The molecule has 0 N–H and O–H groups in total. The Balaban J connectivity index is 2.21. The van der Waals surface area contributed by atoms with E-state index in [1.165, 1.54) is 12.5 Å². The summed E-state index contributed by atoms with van der Waals surface area (Å²) >= 11 is 0. The second-order valence-corrected chi connectivity index (χ2v) is 7.07. The molecule has 0 saturated heterocycles. The average Bonchev–Trinajstić information content (AvgIpc) is 2.68. The van der Waals surface area contributed by atoms with Gasteiger partial charge in [0, 0.05) is 18.1 Å². The quantitative estimate of drug-likeness (QED) is 0.297. The molecule has 0 bridgehead atoms. The number of aryl methyl sites for hydroxylation is 2. The number of carbonyl (C=O) groups excluding carboxylic acids is 1. The van der Waals surface area contributed by atoms with Gasteiger partial charge in [0.1, 0.15) is 5.75 Å². The number of esters is 1. The summed E-state index contributed by atoms with van der Waals surface area (Å²) < 4.78 is 5.73. The molecule has 0 aliphatic carbocycles. The SMILES string of the molecule is CC(=O)Oc1cc2ccccc2c(-c2ccccc2C)c1-c1ccccc1C. The summed E-state index contributed by atoms with van der Waals surface area (Å²) in [7, 11) is 0. The Bertz CT molecular complexity index is 1190. The van der Waals surface area contributed by atoms with Crippen LogP contribution in [0.1, 0.15) is 18.1 Å². The first kappa shape index (κ1) is 18.0. The van der Waals surface area contributed by atoms with Crippen LogP contribution in [-0.2, 0) is 4.79 Å². The van der Waals surface area contributed by atoms with Gasteiger partial charge in [0.15, 0.2) is 0 Å². The molecule has 0 aliphatic heterocycles. The van der Waals surface area contributed by atoms with E-state index in [0.717, 1.165) is 38.6 Å². The Morgan fingerprint density at radius 2 is 1.25 bits per heavy atom. The highest BCUT2D eigenvalue weighted by Crippen LogP contribution is 2.46. The number of carbonyl (C=O) groups is 1. The van der Waals surface area contributed by atoms with Crippen molar-refractivity contribution in [2.24, 2.45) is 0 Å². The molecule has 0 fully saturated rings. The van der Waals surface area contributed by atoms with Crippen molar-refractivity contribution in [3.8, 4) is 28.0 Å². The lowest BCUT2D eigenvalue weighted by Crippen LogP contribution is -2.04.